The monoisotopic (exact) mass is 257 g/mol. The minimum absolute atomic E-state index is 0. The van der Waals surface area contributed by atoms with Gasteiger partial charge in [0.25, 0.3) is 0 Å². The first kappa shape index (κ1) is 16.3. The van der Waals surface area contributed by atoms with Crippen LogP contribution in [0.3, 0.4) is 0 Å². The third-order valence-corrected chi connectivity index (χ3v) is 2.51. The first-order valence-electron chi connectivity index (χ1n) is 6.17. The zero-order chi connectivity index (χ0) is 12.0. The number of halogens is 1. The summed E-state index contributed by atoms with van der Waals surface area (Å²) < 4.78 is 5.62. The SMILES string of the molecule is CCCc1ccc(OCC)c(CC(C)N)c1.Cl. The first-order valence-corrected chi connectivity index (χ1v) is 6.17. The molecule has 0 radical (unpaired) electrons. The average Bonchev–Trinajstić information content (AvgIpc) is 2.22. The lowest BCUT2D eigenvalue weighted by Gasteiger charge is -2.13. The van der Waals surface area contributed by atoms with E-state index in [1.54, 1.807) is 0 Å². The van der Waals surface area contributed by atoms with Gasteiger partial charge in [-0.05, 0) is 43.9 Å². The largest absolute Gasteiger partial charge is 0.494 e. The van der Waals surface area contributed by atoms with Crippen LogP contribution in [-0.2, 0) is 12.8 Å². The lowest BCUT2D eigenvalue weighted by atomic mass is 10.0. The molecule has 1 aromatic rings. The van der Waals surface area contributed by atoms with Crippen molar-refractivity contribution in [2.45, 2.75) is 46.1 Å². The van der Waals surface area contributed by atoms with Gasteiger partial charge in [-0.2, -0.15) is 0 Å². The van der Waals surface area contributed by atoms with Gasteiger partial charge in [0.15, 0.2) is 0 Å². The number of rotatable bonds is 6. The quantitative estimate of drug-likeness (QED) is 0.848. The van der Waals surface area contributed by atoms with Crippen LogP contribution in [0.4, 0.5) is 0 Å². The molecule has 2 N–H and O–H groups in total. The molecule has 0 saturated carbocycles. The zero-order valence-electron chi connectivity index (χ0n) is 11.0. The fraction of sp³-hybridized carbons (Fsp3) is 0.571. The number of aryl methyl sites for hydroxylation is 1. The summed E-state index contributed by atoms with van der Waals surface area (Å²) in [6, 6.07) is 6.64. The molecule has 0 saturated heterocycles. The van der Waals surface area contributed by atoms with Crippen molar-refractivity contribution in [3.05, 3.63) is 29.3 Å². The molecule has 0 aliphatic heterocycles. The van der Waals surface area contributed by atoms with Gasteiger partial charge < -0.3 is 10.5 Å². The highest BCUT2D eigenvalue weighted by Gasteiger charge is 2.07. The Morgan fingerprint density at radius 2 is 2.00 bits per heavy atom. The van der Waals surface area contributed by atoms with E-state index in [1.165, 1.54) is 17.5 Å². The van der Waals surface area contributed by atoms with Crippen LogP contribution in [0.1, 0.15) is 38.3 Å². The summed E-state index contributed by atoms with van der Waals surface area (Å²) in [6.07, 6.45) is 3.18. The molecule has 0 heterocycles. The molecule has 1 aromatic carbocycles. The van der Waals surface area contributed by atoms with E-state index in [-0.39, 0.29) is 18.4 Å². The van der Waals surface area contributed by atoms with Crippen molar-refractivity contribution in [3.8, 4) is 5.75 Å². The van der Waals surface area contributed by atoms with Crippen molar-refractivity contribution < 1.29 is 4.74 Å². The smallest absolute Gasteiger partial charge is 0.122 e. The van der Waals surface area contributed by atoms with E-state index in [0.717, 1.165) is 18.6 Å². The second kappa shape index (κ2) is 8.37. The lowest BCUT2D eigenvalue weighted by Crippen LogP contribution is -2.18. The van der Waals surface area contributed by atoms with Crippen LogP contribution in [0.5, 0.6) is 5.75 Å². The number of benzene rings is 1. The summed E-state index contributed by atoms with van der Waals surface area (Å²) in [5.74, 6) is 0.986. The maximum atomic E-state index is 5.86. The second-order valence-corrected chi connectivity index (χ2v) is 4.31. The minimum atomic E-state index is 0. The van der Waals surface area contributed by atoms with Crippen molar-refractivity contribution in [2.75, 3.05) is 6.61 Å². The Morgan fingerprint density at radius 3 is 2.53 bits per heavy atom. The van der Waals surface area contributed by atoms with Gasteiger partial charge in [0.2, 0.25) is 0 Å². The second-order valence-electron chi connectivity index (χ2n) is 4.31. The van der Waals surface area contributed by atoms with E-state index in [4.69, 9.17) is 10.5 Å². The van der Waals surface area contributed by atoms with E-state index in [9.17, 15) is 0 Å². The van der Waals surface area contributed by atoms with Crippen LogP contribution in [0.2, 0.25) is 0 Å². The predicted octanol–water partition coefficient (Wildman–Crippen LogP) is 3.35. The number of nitrogens with two attached hydrogens (primary N) is 1. The summed E-state index contributed by atoms with van der Waals surface area (Å²) >= 11 is 0. The Balaban J connectivity index is 0.00000256. The molecular weight excluding hydrogens is 234 g/mol. The molecule has 0 amide bonds. The maximum Gasteiger partial charge on any atom is 0.122 e. The highest BCUT2D eigenvalue weighted by molar-refractivity contribution is 5.85. The molecule has 3 heteroatoms. The Kier molecular flexibility index (Phi) is 8.01. The molecule has 0 aliphatic rings. The third kappa shape index (κ3) is 5.42. The molecule has 0 fully saturated rings. The summed E-state index contributed by atoms with van der Waals surface area (Å²) in [6.45, 7) is 6.94. The summed E-state index contributed by atoms with van der Waals surface area (Å²) in [5, 5.41) is 0. The summed E-state index contributed by atoms with van der Waals surface area (Å²) in [4.78, 5) is 0. The van der Waals surface area contributed by atoms with Crippen molar-refractivity contribution in [1.29, 1.82) is 0 Å². The van der Waals surface area contributed by atoms with E-state index < -0.39 is 0 Å². The van der Waals surface area contributed by atoms with E-state index in [2.05, 4.69) is 25.1 Å². The predicted molar refractivity (Wildman–Crippen MR) is 76.2 cm³/mol. The van der Waals surface area contributed by atoms with Gasteiger partial charge >= 0.3 is 0 Å². The first-order chi connectivity index (χ1) is 7.67. The molecule has 0 spiro atoms. The molecule has 0 aromatic heterocycles. The molecule has 0 bridgehead atoms. The van der Waals surface area contributed by atoms with Gasteiger partial charge in [-0.25, -0.2) is 0 Å². The van der Waals surface area contributed by atoms with Gasteiger partial charge in [0, 0.05) is 6.04 Å². The Hall–Kier alpha value is -0.730. The van der Waals surface area contributed by atoms with Crippen molar-refractivity contribution >= 4 is 12.4 Å². The zero-order valence-corrected chi connectivity index (χ0v) is 11.8. The topological polar surface area (TPSA) is 35.2 Å². The highest BCUT2D eigenvalue weighted by atomic mass is 35.5. The lowest BCUT2D eigenvalue weighted by molar-refractivity contribution is 0.335. The van der Waals surface area contributed by atoms with Gasteiger partial charge in [0.05, 0.1) is 6.61 Å². The molecule has 0 aliphatic carbocycles. The van der Waals surface area contributed by atoms with Gasteiger partial charge in [-0.3, -0.25) is 0 Å². The van der Waals surface area contributed by atoms with Crippen molar-refractivity contribution in [1.82, 2.24) is 0 Å². The molecule has 1 atom stereocenters. The molecule has 98 valence electrons. The van der Waals surface area contributed by atoms with Gasteiger partial charge in [-0.1, -0.05) is 25.5 Å². The van der Waals surface area contributed by atoms with E-state index in [0.29, 0.717) is 6.61 Å². The summed E-state index contributed by atoms with van der Waals surface area (Å²) in [5.41, 5.74) is 8.47. The van der Waals surface area contributed by atoms with Crippen LogP contribution >= 0.6 is 12.4 Å². The fourth-order valence-electron chi connectivity index (χ4n) is 1.88. The van der Waals surface area contributed by atoms with Crippen LogP contribution in [0, 0.1) is 0 Å². The Morgan fingerprint density at radius 1 is 1.29 bits per heavy atom. The van der Waals surface area contributed by atoms with Crippen molar-refractivity contribution in [3.63, 3.8) is 0 Å². The van der Waals surface area contributed by atoms with Gasteiger partial charge in [0.1, 0.15) is 5.75 Å². The normalized spacial score (nSPS) is 11.8. The Bertz CT molecular complexity index is 326. The number of ether oxygens (including phenoxy) is 1. The fourth-order valence-corrected chi connectivity index (χ4v) is 1.88. The van der Waals surface area contributed by atoms with Crippen LogP contribution in [-0.4, -0.2) is 12.6 Å². The highest BCUT2D eigenvalue weighted by Crippen LogP contribution is 2.22. The average molecular weight is 258 g/mol. The minimum Gasteiger partial charge on any atom is -0.494 e. The number of hydrogen-bond donors (Lipinski definition) is 1. The van der Waals surface area contributed by atoms with Crippen molar-refractivity contribution in [2.24, 2.45) is 5.73 Å². The third-order valence-electron chi connectivity index (χ3n) is 2.51. The molecule has 2 nitrogen and oxygen atoms in total. The van der Waals surface area contributed by atoms with E-state index >= 15 is 0 Å². The molecular formula is C14H24ClNO. The van der Waals surface area contributed by atoms with Crippen LogP contribution < -0.4 is 10.5 Å². The maximum absolute atomic E-state index is 5.86. The standard InChI is InChI=1S/C14H23NO.ClH/c1-4-6-12-7-8-14(16-5-2)13(10-12)9-11(3)15;/h7-8,10-11H,4-6,9,15H2,1-3H3;1H. The van der Waals surface area contributed by atoms with Crippen LogP contribution in [0.15, 0.2) is 18.2 Å². The summed E-state index contributed by atoms with van der Waals surface area (Å²) in [7, 11) is 0. The molecule has 1 unspecified atom stereocenters. The van der Waals surface area contributed by atoms with Crippen LogP contribution in [0.25, 0.3) is 0 Å². The number of hydrogen-bond acceptors (Lipinski definition) is 2. The Labute approximate surface area is 111 Å². The van der Waals surface area contributed by atoms with Gasteiger partial charge in [-0.15, -0.1) is 12.4 Å². The van der Waals surface area contributed by atoms with E-state index in [1.807, 2.05) is 13.8 Å². The molecule has 17 heavy (non-hydrogen) atoms. The molecule has 1 rings (SSSR count).